The van der Waals surface area contributed by atoms with Crippen LogP contribution in [-0.2, 0) is 6.54 Å². The predicted octanol–water partition coefficient (Wildman–Crippen LogP) is 4.13. The quantitative estimate of drug-likeness (QED) is 0.503. The van der Waals surface area contributed by atoms with Crippen molar-refractivity contribution in [1.82, 2.24) is 14.7 Å². The number of rotatable bonds is 5. The third-order valence-corrected chi connectivity index (χ3v) is 4.91. The normalized spacial score (nSPS) is 12.2. The second-order valence-corrected chi connectivity index (χ2v) is 6.99. The van der Waals surface area contributed by atoms with Crippen LogP contribution in [0.5, 0.6) is 11.5 Å². The van der Waals surface area contributed by atoms with Gasteiger partial charge in [0.1, 0.15) is 11.4 Å². The lowest BCUT2D eigenvalue weighted by Crippen LogP contribution is -2.28. The Bertz CT molecular complexity index is 1180. The Labute approximate surface area is 173 Å². The fourth-order valence-electron chi connectivity index (χ4n) is 3.42. The Morgan fingerprint density at radius 1 is 1.03 bits per heavy atom. The minimum atomic E-state index is -0.151. The second-order valence-electron chi connectivity index (χ2n) is 6.99. The van der Waals surface area contributed by atoms with Gasteiger partial charge >= 0.3 is 0 Å². The highest BCUT2D eigenvalue weighted by Crippen LogP contribution is 2.33. The first-order valence-electron chi connectivity index (χ1n) is 9.52. The van der Waals surface area contributed by atoms with Crippen LogP contribution in [0.25, 0.3) is 17.1 Å². The Morgan fingerprint density at radius 2 is 1.87 bits per heavy atom. The van der Waals surface area contributed by atoms with Gasteiger partial charge in [0.05, 0.1) is 12.0 Å². The van der Waals surface area contributed by atoms with E-state index in [1.165, 1.54) is 0 Å². The van der Waals surface area contributed by atoms with Gasteiger partial charge in [0.25, 0.3) is 5.91 Å². The summed E-state index contributed by atoms with van der Waals surface area (Å²) in [7, 11) is 1.77. The molecule has 7 heteroatoms. The molecule has 0 saturated heterocycles. The standard InChI is InChI=1S/C23H19N3O4/c1-25(14-16-9-10-21-22(12-16)30-15-29-21)23(27)19-13-18(20-8-5-11-28-20)24-26(19)17-6-3-2-4-7-17/h2-13H,14-15H2,1H3. The third-order valence-electron chi connectivity index (χ3n) is 4.91. The molecule has 2 aromatic heterocycles. The highest BCUT2D eigenvalue weighted by molar-refractivity contribution is 5.94. The van der Waals surface area contributed by atoms with Crippen molar-refractivity contribution < 1.29 is 18.7 Å². The number of hydrogen-bond acceptors (Lipinski definition) is 5. The van der Waals surface area contributed by atoms with E-state index in [-0.39, 0.29) is 12.7 Å². The molecule has 30 heavy (non-hydrogen) atoms. The van der Waals surface area contributed by atoms with Crippen LogP contribution >= 0.6 is 0 Å². The lowest BCUT2D eigenvalue weighted by molar-refractivity contribution is 0.0776. The first-order chi connectivity index (χ1) is 14.7. The summed E-state index contributed by atoms with van der Waals surface area (Å²) < 4.78 is 17.9. The molecule has 0 saturated carbocycles. The summed E-state index contributed by atoms with van der Waals surface area (Å²) >= 11 is 0. The van der Waals surface area contributed by atoms with Crippen molar-refractivity contribution in [3.8, 4) is 28.6 Å². The molecule has 0 fully saturated rings. The topological polar surface area (TPSA) is 69.7 Å². The van der Waals surface area contributed by atoms with Crippen LogP contribution < -0.4 is 9.47 Å². The summed E-state index contributed by atoms with van der Waals surface area (Å²) in [5, 5.41) is 4.62. The van der Waals surface area contributed by atoms with Crippen molar-refractivity contribution in [2.24, 2.45) is 0 Å². The van der Waals surface area contributed by atoms with E-state index >= 15 is 0 Å². The summed E-state index contributed by atoms with van der Waals surface area (Å²) in [6.45, 7) is 0.644. The van der Waals surface area contributed by atoms with Crippen LogP contribution in [0.2, 0.25) is 0 Å². The van der Waals surface area contributed by atoms with Gasteiger partial charge in [-0.15, -0.1) is 0 Å². The zero-order valence-corrected chi connectivity index (χ0v) is 16.3. The molecule has 0 N–H and O–H groups in total. The predicted molar refractivity (Wildman–Crippen MR) is 110 cm³/mol. The van der Waals surface area contributed by atoms with Gasteiger partial charge in [0.15, 0.2) is 17.3 Å². The molecular formula is C23H19N3O4. The zero-order valence-electron chi connectivity index (χ0n) is 16.3. The molecule has 2 aromatic carbocycles. The number of benzene rings is 2. The molecule has 0 spiro atoms. The lowest BCUT2D eigenvalue weighted by Gasteiger charge is -2.18. The van der Waals surface area contributed by atoms with Crippen molar-refractivity contribution in [2.45, 2.75) is 6.54 Å². The highest BCUT2D eigenvalue weighted by atomic mass is 16.7. The number of ether oxygens (including phenoxy) is 2. The second kappa shape index (κ2) is 7.44. The largest absolute Gasteiger partial charge is 0.463 e. The molecule has 0 atom stereocenters. The van der Waals surface area contributed by atoms with Crippen molar-refractivity contribution in [1.29, 1.82) is 0 Å². The SMILES string of the molecule is CN(Cc1ccc2c(c1)OCO2)C(=O)c1cc(-c2ccco2)nn1-c1ccccc1. The van der Waals surface area contributed by atoms with Crippen LogP contribution in [-0.4, -0.2) is 34.4 Å². The van der Waals surface area contributed by atoms with E-state index < -0.39 is 0 Å². The average molecular weight is 401 g/mol. The van der Waals surface area contributed by atoms with Crippen LogP contribution in [0.1, 0.15) is 16.1 Å². The van der Waals surface area contributed by atoms with E-state index in [0.29, 0.717) is 29.4 Å². The number of hydrogen-bond donors (Lipinski definition) is 0. The molecule has 0 unspecified atom stereocenters. The molecule has 7 nitrogen and oxygen atoms in total. The number of carbonyl (C=O) groups is 1. The van der Waals surface area contributed by atoms with E-state index in [4.69, 9.17) is 13.9 Å². The molecule has 0 aliphatic carbocycles. The van der Waals surface area contributed by atoms with E-state index in [0.717, 1.165) is 17.0 Å². The maximum Gasteiger partial charge on any atom is 0.272 e. The van der Waals surface area contributed by atoms with Gasteiger partial charge < -0.3 is 18.8 Å². The van der Waals surface area contributed by atoms with Crippen LogP contribution in [0, 0.1) is 0 Å². The van der Waals surface area contributed by atoms with Crippen LogP contribution in [0.4, 0.5) is 0 Å². The number of fused-ring (bicyclic) bond motifs is 1. The Kier molecular flexibility index (Phi) is 4.48. The lowest BCUT2D eigenvalue weighted by atomic mass is 10.2. The van der Waals surface area contributed by atoms with Crippen molar-refractivity contribution in [3.63, 3.8) is 0 Å². The molecule has 1 aliphatic rings. The summed E-state index contributed by atoms with van der Waals surface area (Å²) in [5.74, 6) is 1.87. The molecule has 150 valence electrons. The molecule has 1 aliphatic heterocycles. The number of amides is 1. The van der Waals surface area contributed by atoms with Gasteiger partial charge in [-0.2, -0.15) is 5.10 Å². The summed E-state index contributed by atoms with van der Waals surface area (Å²) in [6.07, 6.45) is 1.59. The maximum absolute atomic E-state index is 13.3. The van der Waals surface area contributed by atoms with E-state index in [1.807, 2.05) is 54.6 Å². The van der Waals surface area contributed by atoms with Gasteiger partial charge in [-0.1, -0.05) is 24.3 Å². The minimum Gasteiger partial charge on any atom is -0.463 e. The zero-order chi connectivity index (χ0) is 20.5. The Hall–Kier alpha value is -4.00. The summed E-state index contributed by atoms with van der Waals surface area (Å²) in [4.78, 5) is 15.0. The van der Waals surface area contributed by atoms with Crippen molar-refractivity contribution >= 4 is 5.91 Å². The summed E-state index contributed by atoms with van der Waals surface area (Å²) in [5.41, 5.74) is 2.81. The fraction of sp³-hybridized carbons (Fsp3) is 0.130. The van der Waals surface area contributed by atoms with E-state index in [9.17, 15) is 4.79 Å². The molecule has 0 radical (unpaired) electrons. The summed E-state index contributed by atoms with van der Waals surface area (Å²) in [6, 6.07) is 20.6. The number of aromatic nitrogens is 2. The number of furan rings is 1. The molecule has 3 heterocycles. The first kappa shape index (κ1) is 18.1. The van der Waals surface area contributed by atoms with Gasteiger partial charge in [-0.05, 0) is 42.0 Å². The Balaban J connectivity index is 1.46. The highest BCUT2D eigenvalue weighted by Gasteiger charge is 2.22. The average Bonchev–Trinajstić information content (AvgIpc) is 3.53. The van der Waals surface area contributed by atoms with E-state index in [1.54, 1.807) is 35.0 Å². The maximum atomic E-state index is 13.3. The fourth-order valence-corrected chi connectivity index (χ4v) is 3.42. The molecule has 4 aromatic rings. The number of nitrogens with zero attached hydrogens (tertiary/aromatic N) is 3. The number of para-hydroxylation sites is 1. The van der Waals surface area contributed by atoms with Gasteiger partial charge in [0.2, 0.25) is 6.79 Å². The van der Waals surface area contributed by atoms with Crippen LogP contribution in [0.15, 0.2) is 77.4 Å². The smallest absolute Gasteiger partial charge is 0.272 e. The van der Waals surface area contributed by atoms with Gasteiger partial charge in [-0.3, -0.25) is 4.79 Å². The number of carbonyl (C=O) groups excluding carboxylic acids is 1. The van der Waals surface area contributed by atoms with Crippen molar-refractivity contribution in [3.05, 3.63) is 84.3 Å². The molecular weight excluding hydrogens is 382 g/mol. The third kappa shape index (κ3) is 3.30. The molecule has 5 rings (SSSR count). The van der Waals surface area contributed by atoms with E-state index in [2.05, 4.69) is 5.10 Å². The Morgan fingerprint density at radius 3 is 2.67 bits per heavy atom. The molecule has 0 bridgehead atoms. The van der Waals surface area contributed by atoms with Crippen LogP contribution in [0.3, 0.4) is 0 Å². The van der Waals surface area contributed by atoms with Gasteiger partial charge in [0, 0.05) is 19.7 Å². The monoisotopic (exact) mass is 401 g/mol. The molecule has 1 amide bonds. The first-order valence-corrected chi connectivity index (χ1v) is 9.52. The van der Waals surface area contributed by atoms with Gasteiger partial charge in [-0.25, -0.2) is 4.68 Å². The minimum absolute atomic E-state index is 0.151. The van der Waals surface area contributed by atoms with Crippen molar-refractivity contribution in [2.75, 3.05) is 13.8 Å².